The highest BCUT2D eigenvalue weighted by atomic mass is 28.3. The van der Waals surface area contributed by atoms with Crippen LogP contribution in [0.25, 0.3) is 0 Å². The highest BCUT2D eigenvalue weighted by molar-refractivity contribution is 6.42. The summed E-state index contributed by atoms with van der Waals surface area (Å²) in [5.41, 5.74) is 2.52. The van der Waals surface area contributed by atoms with Crippen LogP contribution in [0.4, 0.5) is 0 Å². The Kier molecular flexibility index (Phi) is 4.59. The predicted molar refractivity (Wildman–Crippen MR) is 76.5 cm³/mol. The van der Waals surface area contributed by atoms with E-state index in [2.05, 4.69) is 48.5 Å². The quantitative estimate of drug-likeness (QED) is 0.729. The first-order valence-electron chi connectivity index (χ1n) is 6.43. The molecule has 0 aliphatic heterocycles. The van der Waals surface area contributed by atoms with Gasteiger partial charge >= 0.3 is 0 Å². The second kappa shape index (κ2) is 6.41. The lowest BCUT2D eigenvalue weighted by Gasteiger charge is -2.16. The fourth-order valence-electron chi connectivity index (χ4n) is 2.17. The molecule has 0 aliphatic rings. The van der Waals surface area contributed by atoms with Gasteiger partial charge in [0, 0.05) is 12.0 Å². The van der Waals surface area contributed by atoms with Gasteiger partial charge in [0.25, 0.3) is 8.68 Å². The van der Waals surface area contributed by atoms with Gasteiger partial charge in [0.1, 0.15) is 0 Å². The smallest absolute Gasteiger partial charge is 0.277 e. The third-order valence-corrected chi connectivity index (χ3v) is 4.88. The summed E-state index contributed by atoms with van der Waals surface area (Å²) in [6, 6.07) is 22.3. The zero-order valence-corrected chi connectivity index (χ0v) is 11.7. The van der Waals surface area contributed by atoms with E-state index in [1.165, 1.54) is 11.1 Å². The van der Waals surface area contributed by atoms with E-state index in [4.69, 9.17) is 0 Å². The molecule has 0 aromatic heterocycles. The number of rotatable bonds is 5. The molecule has 18 heavy (non-hydrogen) atoms. The summed E-state index contributed by atoms with van der Waals surface area (Å²) in [5, 5.41) is 0. The Balaban J connectivity index is 2.32. The van der Waals surface area contributed by atoms with Gasteiger partial charge in [-0.1, -0.05) is 67.6 Å². The number of hydrogen-bond donors (Lipinski definition) is 0. The van der Waals surface area contributed by atoms with Crippen LogP contribution in [0.2, 0.25) is 12.1 Å². The molecule has 2 heteroatoms. The van der Waals surface area contributed by atoms with Crippen LogP contribution >= 0.6 is 0 Å². The molecule has 0 fully saturated rings. The molecule has 2 aromatic rings. The average molecular weight is 254 g/mol. The molecule has 2 aromatic carbocycles. The third-order valence-electron chi connectivity index (χ3n) is 3.23. The first-order chi connectivity index (χ1) is 8.81. The predicted octanol–water partition coefficient (Wildman–Crippen LogP) is 4.26. The van der Waals surface area contributed by atoms with Crippen molar-refractivity contribution in [1.82, 2.24) is 0 Å². The van der Waals surface area contributed by atoms with Gasteiger partial charge in [-0.3, -0.25) is 0 Å². The Morgan fingerprint density at radius 2 is 1.33 bits per heavy atom. The van der Waals surface area contributed by atoms with E-state index in [1.54, 1.807) is 0 Å². The van der Waals surface area contributed by atoms with Crippen LogP contribution < -0.4 is 0 Å². The first kappa shape index (κ1) is 12.9. The van der Waals surface area contributed by atoms with Crippen LogP contribution in [-0.2, 0) is 4.46 Å². The molecule has 0 saturated carbocycles. The molecule has 0 N–H and O–H groups in total. The Hall–Kier alpha value is -1.54. The van der Waals surface area contributed by atoms with Crippen molar-refractivity contribution in [3.63, 3.8) is 0 Å². The molecule has 92 valence electrons. The maximum Gasteiger partial charge on any atom is 0.277 e. The van der Waals surface area contributed by atoms with Crippen molar-refractivity contribution in [3.05, 3.63) is 71.8 Å². The second-order valence-corrected chi connectivity index (χ2v) is 6.66. The molecular weight excluding hydrogens is 236 g/mol. The molecular formula is C16H18OSi. The van der Waals surface area contributed by atoms with Crippen molar-refractivity contribution in [2.24, 2.45) is 0 Å². The van der Waals surface area contributed by atoms with Crippen molar-refractivity contribution in [2.75, 3.05) is 0 Å². The van der Waals surface area contributed by atoms with E-state index >= 15 is 0 Å². The molecule has 1 nitrogen and oxygen atoms in total. The van der Waals surface area contributed by atoms with Crippen molar-refractivity contribution >= 4 is 8.68 Å². The normalized spacial score (nSPS) is 10.6. The molecule has 0 aliphatic carbocycles. The molecule has 0 bridgehead atoms. The van der Waals surface area contributed by atoms with Crippen LogP contribution in [0.1, 0.15) is 24.0 Å². The summed E-state index contributed by atoms with van der Waals surface area (Å²) < 4.78 is 12.0. The minimum absolute atomic E-state index is 0.263. The van der Waals surface area contributed by atoms with E-state index in [9.17, 15) is 4.46 Å². The number of benzene rings is 2. The van der Waals surface area contributed by atoms with Gasteiger partial charge in [0.15, 0.2) is 0 Å². The van der Waals surface area contributed by atoms with Crippen LogP contribution in [0, 0.1) is 0 Å². The molecule has 0 spiro atoms. The van der Waals surface area contributed by atoms with Gasteiger partial charge in [0.2, 0.25) is 0 Å². The zero-order valence-electron chi connectivity index (χ0n) is 10.7. The Labute approximate surface area is 110 Å². The lowest BCUT2D eigenvalue weighted by Crippen LogP contribution is -2.08. The molecule has 2 rings (SSSR count). The fourth-order valence-corrected chi connectivity index (χ4v) is 3.39. The van der Waals surface area contributed by atoms with Gasteiger partial charge in [-0.2, -0.15) is 0 Å². The Morgan fingerprint density at radius 3 is 1.72 bits per heavy atom. The van der Waals surface area contributed by atoms with E-state index in [0.29, 0.717) is 0 Å². The highest BCUT2D eigenvalue weighted by Gasteiger charge is 2.17. The molecule has 0 saturated heterocycles. The number of hydrogen-bond acceptors (Lipinski definition) is 1. The Bertz CT molecular complexity index is 454. The summed E-state index contributed by atoms with van der Waals surface area (Å²) in [7, 11) is -1.47. The van der Waals surface area contributed by atoms with Crippen LogP contribution in [0.5, 0.6) is 0 Å². The van der Waals surface area contributed by atoms with E-state index < -0.39 is 8.68 Å². The van der Waals surface area contributed by atoms with Crippen molar-refractivity contribution in [3.8, 4) is 0 Å². The lowest BCUT2D eigenvalue weighted by atomic mass is 9.93. The molecule has 0 atom stereocenters. The minimum Gasteiger partial charge on any atom is -0.388 e. The van der Waals surface area contributed by atoms with Crippen molar-refractivity contribution < 1.29 is 4.46 Å². The van der Waals surface area contributed by atoms with Crippen molar-refractivity contribution in [2.45, 2.75) is 24.9 Å². The van der Waals surface area contributed by atoms with Crippen molar-refractivity contribution in [1.29, 1.82) is 0 Å². The van der Waals surface area contributed by atoms with Crippen LogP contribution in [0.3, 0.4) is 0 Å². The third kappa shape index (κ3) is 3.23. The standard InChI is InChI=1S/C16H18OSi/c1-2-18(17)13-16(14-9-5-3-6-10-14)15-11-7-4-8-12-15/h3-12,16H,2,13H2,1H3. The van der Waals surface area contributed by atoms with E-state index in [-0.39, 0.29) is 5.92 Å². The lowest BCUT2D eigenvalue weighted by molar-refractivity contribution is 0.556. The van der Waals surface area contributed by atoms with Crippen LogP contribution in [0.15, 0.2) is 60.7 Å². The average Bonchev–Trinajstić information content (AvgIpc) is 2.46. The minimum atomic E-state index is -1.47. The summed E-state index contributed by atoms with van der Waals surface area (Å²) in [4.78, 5) is 0. The summed E-state index contributed by atoms with van der Waals surface area (Å²) >= 11 is 0. The van der Waals surface area contributed by atoms with Gasteiger partial charge < -0.3 is 4.46 Å². The topological polar surface area (TPSA) is 17.1 Å². The molecule has 0 unspecified atom stereocenters. The monoisotopic (exact) mass is 254 g/mol. The fraction of sp³-hybridized carbons (Fsp3) is 0.250. The maximum absolute atomic E-state index is 12.0. The SMILES string of the molecule is CC[Si](=O)CC(c1ccccc1)c1ccccc1. The summed E-state index contributed by atoms with van der Waals surface area (Å²) in [6.07, 6.45) is 0. The molecule has 0 radical (unpaired) electrons. The van der Waals surface area contributed by atoms with E-state index in [1.807, 2.05) is 19.1 Å². The summed E-state index contributed by atoms with van der Waals surface area (Å²) in [5.74, 6) is 0.263. The molecule has 0 amide bonds. The van der Waals surface area contributed by atoms with Gasteiger partial charge in [-0.05, 0) is 17.2 Å². The highest BCUT2D eigenvalue weighted by Crippen LogP contribution is 2.28. The second-order valence-electron chi connectivity index (χ2n) is 4.47. The van der Waals surface area contributed by atoms with Gasteiger partial charge in [-0.15, -0.1) is 0 Å². The first-order valence-corrected chi connectivity index (χ1v) is 8.25. The summed E-state index contributed by atoms with van der Waals surface area (Å²) in [6.45, 7) is 2.01. The van der Waals surface area contributed by atoms with Gasteiger partial charge in [-0.25, -0.2) is 0 Å². The molecule has 0 heterocycles. The Morgan fingerprint density at radius 1 is 0.889 bits per heavy atom. The maximum atomic E-state index is 12.0. The van der Waals surface area contributed by atoms with E-state index in [0.717, 1.165) is 12.1 Å². The van der Waals surface area contributed by atoms with Gasteiger partial charge in [0.05, 0.1) is 0 Å². The van der Waals surface area contributed by atoms with Crippen LogP contribution in [-0.4, -0.2) is 8.68 Å². The largest absolute Gasteiger partial charge is 0.388 e. The zero-order chi connectivity index (χ0) is 12.8.